The summed E-state index contributed by atoms with van der Waals surface area (Å²) in [6.45, 7) is 5.51. The van der Waals surface area contributed by atoms with E-state index in [0.717, 1.165) is 45.2 Å². The molecule has 8 heteroatoms. The molecule has 1 saturated heterocycles. The summed E-state index contributed by atoms with van der Waals surface area (Å²) >= 11 is 0. The topological polar surface area (TPSA) is 113 Å². The predicted octanol–water partition coefficient (Wildman–Crippen LogP) is 3.28. The van der Waals surface area contributed by atoms with E-state index < -0.39 is 10.9 Å². The first-order valence-corrected chi connectivity index (χ1v) is 11.3. The van der Waals surface area contributed by atoms with Gasteiger partial charge >= 0.3 is 0 Å². The van der Waals surface area contributed by atoms with Gasteiger partial charge in [0.25, 0.3) is 0 Å². The smallest absolute Gasteiger partial charge is 0.226 e. The highest BCUT2D eigenvalue weighted by Crippen LogP contribution is 2.28. The molecular formula is C24H33NO7. The van der Waals surface area contributed by atoms with Crippen molar-refractivity contribution in [3.63, 3.8) is 0 Å². The monoisotopic (exact) mass is 447 g/mol. The molecule has 0 spiro atoms. The van der Waals surface area contributed by atoms with Crippen molar-refractivity contribution in [2.24, 2.45) is 11.8 Å². The van der Waals surface area contributed by atoms with Gasteiger partial charge in [0.15, 0.2) is 5.76 Å². The Kier molecular flexibility index (Phi) is 8.93. The second-order valence-corrected chi connectivity index (χ2v) is 8.56. The summed E-state index contributed by atoms with van der Waals surface area (Å²) in [6.07, 6.45) is 7.70. The molecule has 0 saturated carbocycles. The Hall–Kier alpha value is -2.58. The lowest BCUT2D eigenvalue weighted by Crippen LogP contribution is -2.30. The fourth-order valence-corrected chi connectivity index (χ4v) is 4.25. The van der Waals surface area contributed by atoms with Gasteiger partial charge in [0.05, 0.1) is 19.1 Å². The first kappa shape index (κ1) is 24.1. The van der Waals surface area contributed by atoms with Gasteiger partial charge in [-0.25, -0.2) is 0 Å². The standard InChI is InChI=1S/C24H33NO7/c1-17-7-11-25(16-22-24(29)20(27)9-15-32-22)10-3-13-30-12-2-4-18(17)5-6-21-23(28)19(26)8-14-31-21/h8-9,14-15,17-18,28-29H,2-7,10-13,16H2,1H3. The third kappa shape index (κ3) is 6.71. The van der Waals surface area contributed by atoms with Gasteiger partial charge in [0.1, 0.15) is 5.76 Å². The number of rotatable bonds is 5. The predicted molar refractivity (Wildman–Crippen MR) is 119 cm³/mol. The van der Waals surface area contributed by atoms with Gasteiger partial charge in [-0.05, 0) is 50.5 Å². The van der Waals surface area contributed by atoms with E-state index in [1.165, 1.54) is 24.7 Å². The zero-order valence-electron chi connectivity index (χ0n) is 18.6. The van der Waals surface area contributed by atoms with Crippen molar-refractivity contribution in [2.45, 2.75) is 52.0 Å². The zero-order chi connectivity index (χ0) is 22.9. The second-order valence-electron chi connectivity index (χ2n) is 8.56. The van der Waals surface area contributed by atoms with Crippen LogP contribution in [0.2, 0.25) is 0 Å². The van der Waals surface area contributed by atoms with Crippen LogP contribution in [-0.4, -0.2) is 41.4 Å². The molecule has 3 heterocycles. The minimum absolute atomic E-state index is 0.282. The maximum absolute atomic E-state index is 11.7. The van der Waals surface area contributed by atoms with E-state index >= 15 is 0 Å². The highest BCUT2D eigenvalue weighted by Gasteiger charge is 2.21. The third-order valence-electron chi connectivity index (χ3n) is 6.30. The molecular weight excluding hydrogens is 414 g/mol. The van der Waals surface area contributed by atoms with Crippen LogP contribution in [0.3, 0.4) is 0 Å². The van der Waals surface area contributed by atoms with E-state index in [1.807, 2.05) is 0 Å². The molecule has 2 atom stereocenters. The Labute approximate surface area is 187 Å². The first-order valence-electron chi connectivity index (χ1n) is 11.3. The van der Waals surface area contributed by atoms with Crippen LogP contribution in [0.25, 0.3) is 0 Å². The summed E-state index contributed by atoms with van der Waals surface area (Å²) in [5.41, 5.74) is -0.856. The average molecular weight is 448 g/mol. The second kappa shape index (κ2) is 11.9. The molecule has 2 N–H and O–H groups in total. The van der Waals surface area contributed by atoms with E-state index in [2.05, 4.69) is 11.8 Å². The van der Waals surface area contributed by atoms with Gasteiger partial charge in [0, 0.05) is 38.3 Å². The van der Waals surface area contributed by atoms with Crippen LogP contribution in [0.4, 0.5) is 0 Å². The number of hydrogen-bond acceptors (Lipinski definition) is 8. The van der Waals surface area contributed by atoms with E-state index in [0.29, 0.717) is 43.8 Å². The number of hydrogen-bond donors (Lipinski definition) is 2. The van der Waals surface area contributed by atoms with Gasteiger partial charge in [-0.2, -0.15) is 0 Å². The van der Waals surface area contributed by atoms with Gasteiger partial charge in [-0.3, -0.25) is 14.5 Å². The minimum Gasteiger partial charge on any atom is -0.502 e. The minimum atomic E-state index is -0.437. The number of nitrogens with zero attached hydrogens (tertiary/aromatic N) is 1. The van der Waals surface area contributed by atoms with Crippen LogP contribution in [0.1, 0.15) is 50.5 Å². The van der Waals surface area contributed by atoms with Crippen LogP contribution in [-0.2, 0) is 17.7 Å². The van der Waals surface area contributed by atoms with Crippen molar-refractivity contribution >= 4 is 0 Å². The number of aryl methyl sites for hydroxylation is 1. The lowest BCUT2D eigenvalue weighted by molar-refractivity contribution is 0.0986. The van der Waals surface area contributed by atoms with Crippen LogP contribution in [0.15, 0.2) is 43.1 Å². The van der Waals surface area contributed by atoms with E-state index in [9.17, 15) is 19.8 Å². The average Bonchev–Trinajstić information content (AvgIpc) is 2.77. The Morgan fingerprint density at radius 3 is 2.34 bits per heavy atom. The molecule has 1 aliphatic heterocycles. The summed E-state index contributed by atoms with van der Waals surface area (Å²) in [5.74, 6) is 0.767. The van der Waals surface area contributed by atoms with Crippen LogP contribution in [0, 0.1) is 11.8 Å². The molecule has 2 unspecified atom stereocenters. The van der Waals surface area contributed by atoms with Crippen LogP contribution < -0.4 is 10.9 Å². The summed E-state index contributed by atoms with van der Waals surface area (Å²) in [5, 5.41) is 20.0. The van der Waals surface area contributed by atoms with Gasteiger partial charge in [-0.15, -0.1) is 0 Å². The Morgan fingerprint density at radius 2 is 1.59 bits per heavy atom. The first-order chi connectivity index (χ1) is 15.5. The van der Waals surface area contributed by atoms with Gasteiger partial charge < -0.3 is 23.8 Å². The van der Waals surface area contributed by atoms with Crippen LogP contribution >= 0.6 is 0 Å². The highest BCUT2D eigenvalue weighted by atomic mass is 16.5. The normalized spacial score (nSPS) is 21.5. The SMILES string of the molecule is CC1CCN(Cc2occc(=O)c2O)CCCOCCCC1CCc1occc(=O)c1O. The molecule has 0 bridgehead atoms. The maximum Gasteiger partial charge on any atom is 0.226 e. The maximum atomic E-state index is 11.7. The molecule has 8 nitrogen and oxygen atoms in total. The zero-order valence-corrected chi connectivity index (χ0v) is 18.6. The molecule has 2 aromatic rings. The molecule has 1 aliphatic rings. The molecule has 32 heavy (non-hydrogen) atoms. The summed E-state index contributed by atoms with van der Waals surface area (Å²) in [6, 6.07) is 2.43. The van der Waals surface area contributed by atoms with E-state index in [-0.39, 0.29) is 17.3 Å². The van der Waals surface area contributed by atoms with Crippen molar-refractivity contribution < 1.29 is 23.8 Å². The van der Waals surface area contributed by atoms with Gasteiger partial charge in [0.2, 0.25) is 22.4 Å². The Balaban J connectivity index is 1.65. The summed E-state index contributed by atoms with van der Waals surface area (Å²) in [7, 11) is 0. The molecule has 1 fully saturated rings. The molecule has 176 valence electrons. The summed E-state index contributed by atoms with van der Waals surface area (Å²) in [4.78, 5) is 25.6. The molecule has 0 aliphatic carbocycles. The van der Waals surface area contributed by atoms with Crippen molar-refractivity contribution in [3.05, 3.63) is 56.6 Å². The lowest BCUT2D eigenvalue weighted by atomic mass is 9.83. The number of ether oxygens (including phenoxy) is 1. The lowest BCUT2D eigenvalue weighted by Gasteiger charge is -2.29. The molecule has 0 aromatic carbocycles. The fourth-order valence-electron chi connectivity index (χ4n) is 4.25. The number of aromatic hydroxyl groups is 2. The van der Waals surface area contributed by atoms with Crippen molar-refractivity contribution in [2.75, 3.05) is 26.3 Å². The largest absolute Gasteiger partial charge is 0.502 e. The molecule has 0 amide bonds. The molecule has 0 radical (unpaired) electrons. The van der Waals surface area contributed by atoms with E-state index in [1.54, 1.807) is 0 Å². The van der Waals surface area contributed by atoms with Crippen molar-refractivity contribution in [3.8, 4) is 11.5 Å². The van der Waals surface area contributed by atoms with Gasteiger partial charge in [-0.1, -0.05) is 6.92 Å². The van der Waals surface area contributed by atoms with Crippen molar-refractivity contribution in [1.29, 1.82) is 0 Å². The molecule has 2 aromatic heterocycles. The van der Waals surface area contributed by atoms with E-state index in [4.69, 9.17) is 13.6 Å². The quantitative estimate of drug-likeness (QED) is 0.718. The third-order valence-corrected chi connectivity index (χ3v) is 6.30. The van der Waals surface area contributed by atoms with Crippen LogP contribution in [0.5, 0.6) is 11.5 Å². The summed E-state index contributed by atoms with van der Waals surface area (Å²) < 4.78 is 16.5. The Morgan fingerprint density at radius 1 is 0.938 bits per heavy atom. The Bertz CT molecular complexity index is 967. The highest BCUT2D eigenvalue weighted by molar-refractivity contribution is 5.23. The fraction of sp³-hybridized carbons (Fsp3) is 0.583. The van der Waals surface area contributed by atoms with Crippen molar-refractivity contribution in [1.82, 2.24) is 4.90 Å². The molecule has 3 rings (SSSR count).